The van der Waals surface area contributed by atoms with Crippen LogP contribution in [0.3, 0.4) is 0 Å². The average molecular weight is 366 g/mol. The third kappa shape index (κ3) is 5.41. The van der Waals surface area contributed by atoms with Crippen LogP contribution in [0.15, 0.2) is 48.5 Å². The molecule has 1 aliphatic carbocycles. The first-order chi connectivity index (χ1) is 13.0. The molecule has 2 atom stereocenters. The van der Waals surface area contributed by atoms with Gasteiger partial charge >= 0.3 is 0 Å². The molecule has 2 aromatic carbocycles. The number of rotatable bonds is 6. The van der Waals surface area contributed by atoms with Gasteiger partial charge in [-0.3, -0.25) is 9.59 Å². The van der Waals surface area contributed by atoms with E-state index in [-0.39, 0.29) is 30.9 Å². The van der Waals surface area contributed by atoms with Crippen molar-refractivity contribution in [3.8, 4) is 0 Å². The molecular weight excluding hydrogens is 338 g/mol. The molecule has 0 radical (unpaired) electrons. The van der Waals surface area contributed by atoms with Crippen LogP contribution in [0.5, 0.6) is 0 Å². The van der Waals surface area contributed by atoms with Gasteiger partial charge in [0.25, 0.3) is 11.8 Å². The van der Waals surface area contributed by atoms with Gasteiger partial charge < -0.3 is 15.5 Å². The summed E-state index contributed by atoms with van der Waals surface area (Å²) in [4.78, 5) is 25.5. The van der Waals surface area contributed by atoms with E-state index in [1.165, 1.54) is 11.1 Å². The molecule has 0 bridgehead atoms. The average Bonchev–Trinajstić information content (AvgIpc) is 2.63. The Morgan fingerprint density at radius 3 is 2.52 bits per heavy atom. The summed E-state index contributed by atoms with van der Waals surface area (Å²) < 4.78 is 0. The fourth-order valence-electron chi connectivity index (χ4n) is 3.60. The van der Waals surface area contributed by atoms with E-state index in [1.807, 2.05) is 50.4 Å². The summed E-state index contributed by atoms with van der Waals surface area (Å²) in [6, 6.07) is 16.1. The number of hydrogen-bond acceptors (Lipinski definition) is 2. The Balaban J connectivity index is 1.48. The minimum absolute atomic E-state index is 0.0164. The molecule has 0 saturated heterocycles. The molecule has 27 heavy (non-hydrogen) atoms. The van der Waals surface area contributed by atoms with E-state index < -0.39 is 0 Å². The fraction of sp³-hybridized carbons (Fsp3) is 0.364. The summed E-state index contributed by atoms with van der Waals surface area (Å²) in [6.07, 6.45) is 3.13. The van der Waals surface area contributed by atoms with Gasteiger partial charge in [0.15, 0.2) is 13.1 Å². The Labute approximate surface area is 160 Å². The van der Waals surface area contributed by atoms with Gasteiger partial charge in [0.2, 0.25) is 0 Å². The Bertz CT molecular complexity index is 801. The first-order valence-corrected chi connectivity index (χ1v) is 9.56. The lowest BCUT2D eigenvalue weighted by Gasteiger charge is -2.26. The number of amides is 2. The second-order valence-electron chi connectivity index (χ2n) is 7.44. The lowest BCUT2D eigenvalue weighted by molar-refractivity contribution is -0.862. The third-order valence-corrected chi connectivity index (χ3v) is 4.96. The van der Waals surface area contributed by atoms with Gasteiger partial charge in [-0.1, -0.05) is 42.0 Å². The van der Waals surface area contributed by atoms with Gasteiger partial charge in [-0.2, -0.15) is 0 Å². The molecule has 0 spiro atoms. The fourth-order valence-corrected chi connectivity index (χ4v) is 3.60. The van der Waals surface area contributed by atoms with Crippen molar-refractivity contribution in [1.29, 1.82) is 0 Å². The van der Waals surface area contributed by atoms with Crippen LogP contribution in [0.2, 0.25) is 0 Å². The molecule has 5 heteroatoms. The number of nitrogens with one attached hydrogen (secondary N) is 3. The maximum Gasteiger partial charge on any atom is 0.279 e. The van der Waals surface area contributed by atoms with Gasteiger partial charge in [-0.25, -0.2) is 0 Å². The number of fused-ring (bicyclic) bond motifs is 1. The zero-order valence-electron chi connectivity index (χ0n) is 16.0. The Morgan fingerprint density at radius 1 is 1.04 bits per heavy atom. The van der Waals surface area contributed by atoms with E-state index in [1.54, 1.807) is 0 Å². The van der Waals surface area contributed by atoms with Gasteiger partial charge in [-0.15, -0.1) is 0 Å². The van der Waals surface area contributed by atoms with Gasteiger partial charge in [-0.05, 0) is 49.4 Å². The summed E-state index contributed by atoms with van der Waals surface area (Å²) in [7, 11) is 1.86. The Kier molecular flexibility index (Phi) is 6.24. The van der Waals surface area contributed by atoms with Crippen LogP contribution in [-0.4, -0.2) is 32.0 Å². The second-order valence-corrected chi connectivity index (χ2v) is 7.44. The predicted molar refractivity (Wildman–Crippen MR) is 107 cm³/mol. The molecule has 0 aliphatic heterocycles. The van der Waals surface area contributed by atoms with E-state index in [0.29, 0.717) is 0 Å². The molecule has 3 rings (SSSR count). The van der Waals surface area contributed by atoms with Crippen LogP contribution in [0.25, 0.3) is 0 Å². The largest absolute Gasteiger partial charge is 0.344 e. The van der Waals surface area contributed by atoms with Crippen molar-refractivity contribution in [2.45, 2.75) is 32.2 Å². The number of quaternary nitrogens is 1. The van der Waals surface area contributed by atoms with Crippen molar-refractivity contribution in [2.24, 2.45) is 0 Å². The Morgan fingerprint density at radius 2 is 1.74 bits per heavy atom. The number of carbonyl (C=O) groups is 2. The van der Waals surface area contributed by atoms with E-state index in [4.69, 9.17) is 0 Å². The molecule has 0 saturated carbocycles. The highest BCUT2D eigenvalue weighted by Gasteiger charge is 2.23. The molecule has 2 aromatic rings. The minimum Gasteiger partial charge on any atom is -0.344 e. The molecule has 0 aromatic heterocycles. The SMILES string of the molecule is Cc1ccc(NC(=O)C[NH+](C)CC(=O)N[C@@H]2CCCc3ccccc32)cc1. The lowest BCUT2D eigenvalue weighted by Crippen LogP contribution is -3.11. The summed E-state index contributed by atoms with van der Waals surface area (Å²) in [5, 5.41) is 6.02. The second kappa shape index (κ2) is 8.82. The van der Waals surface area contributed by atoms with Crippen molar-refractivity contribution in [2.75, 3.05) is 25.5 Å². The predicted octanol–water partition coefficient (Wildman–Crippen LogP) is 1.64. The van der Waals surface area contributed by atoms with Gasteiger partial charge in [0.05, 0.1) is 13.1 Å². The number of carbonyl (C=O) groups excluding carboxylic acids is 2. The molecule has 2 amide bonds. The molecule has 1 aliphatic rings. The smallest absolute Gasteiger partial charge is 0.279 e. The third-order valence-electron chi connectivity index (χ3n) is 4.96. The molecule has 1 unspecified atom stereocenters. The minimum atomic E-state index is -0.0906. The number of hydrogen-bond donors (Lipinski definition) is 3. The highest BCUT2D eigenvalue weighted by Crippen LogP contribution is 2.29. The highest BCUT2D eigenvalue weighted by molar-refractivity contribution is 5.91. The van der Waals surface area contributed by atoms with Crippen molar-refractivity contribution >= 4 is 17.5 Å². The van der Waals surface area contributed by atoms with Crippen LogP contribution < -0.4 is 15.5 Å². The quantitative estimate of drug-likeness (QED) is 0.728. The lowest BCUT2D eigenvalue weighted by atomic mass is 9.88. The van der Waals surface area contributed by atoms with Crippen molar-refractivity contribution in [1.82, 2.24) is 5.32 Å². The number of aryl methyl sites for hydroxylation is 2. The normalized spacial score (nSPS) is 16.9. The van der Waals surface area contributed by atoms with Gasteiger partial charge in [0.1, 0.15) is 0 Å². The van der Waals surface area contributed by atoms with Crippen LogP contribution >= 0.6 is 0 Å². The molecule has 5 nitrogen and oxygen atoms in total. The van der Waals surface area contributed by atoms with Crippen LogP contribution in [0, 0.1) is 6.92 Å². The standard InChI is InChI=1S/C22H27N3O2/c1-16-10-12-18(13-11-16)23-21(26)14-25(2)15-22(27)24-20-9-5-7-17-6-3-4-8-19(17)20/h3-4,6,8,10-13,20H,5,7,9,14-15H2,1-2H3,(H,23,26)(H,24,27)/p+1/t20-/m1/s1. The monoisotopic (exact) mass is 366 g/mol. The summed E-state index contributed by atoms with van der Waals surface area (Å²) in [5.41, 5.74) is 4.48. The van der Waals surface area contributed by atoms with E-state index in [0.717, 1.165) is 35.4 Å². The van der Waals surface area contributed by atoms with Crippen LogP contribution in [-0.2, 0) is 16.0 Å². The highest BCUT2D eigenvalue weighted by atomic mass is 16.2. The topological polar surface area (TPSA) is 62.6 Å². The van der Waals surface area contributed by atoms with Crippen molar-refractivity contribution in [3.63, 3.8) is 0 Å². The number of benzene rings is 2. The summed E-state index contributed by atoms with van der Waals surface area (Å²) >= 11 is 0. The summed E-state index contributed by atoms with van der Waals surface area (Å²) in [6.45, 7) is 2.54. The zero-order valence-corrected chi connectivity index (χ0v) is 16.0. The van der Waals surface area contributed by atoms with Gasteiger partial charge in [0, 0.05) is 5.69 Å². The molecule has 142 valence electrons. The van der Waals surface area contributed by atoms with E-state index >= 15 is 0 Å². The van der Waals surface area contributed by atoms with E-state index in [2.05, 4.69) is 22.8 Å². The van der Waals surface area contributed by atoms with Crippen molar-refractivity contribution in [3.05, 3.63) is 65.2 Å². The molecule has 0 fully saturated rings. The van der Waals surface area contributed by atoms with Crippen LogP contribution in [0.1, 0.15) is 35.6 Å². The summed E-state index contributed by atoms with van der Waals surface area (Å²) in [5.74, 6) is -0.107. The number of anilines is 1. The van der Waals surface area contributed by atoms with E-state index in [9.17, 15) is 9.59 Å². The Hall–Kier alpha value is -2.66. The molecular formula is C22H28N3O2+. The number of likely N-dealkylation sites (N-methyl/N-ethyl adjacent to an activating group) is 1. The van der Waals surface area contributed by atoms with Crippen molar-refractivity contribution < 1.29 is 14.5 Å². The first kappa shape index (κ1) is 19.1. The van der Waals surface area contributed by atoms with Crippen LogP contribution in [0.4, 0.5) is 5.69 Å². The first-order valence-electron chi connectivity index (χ1n) is 9.56. The zero-order chi connectivity index (χ0) is 19.2. The maximum atomic E-state index is 12.4. The molecule has 3 N–H and O–H groups in total. The maximum absolute atomic E-state index is 12.4. The molecule has 0 heterocycles.